The molecule has 0 aliphatic heterocycles. The van der Waals surface area contributed by atoms with Gasteiger partial charge in [0.1, 0.15) is 6.10 Å². The molecule has 0 radical (unpaired) electrons. The van der Waals surface area contributed by atoms with E-state index in [2.05, 4.69) is 4.74 Å². The standard InChI is InChI=1S/C16H14ClF3O2.C8H18O2/c1-10-3-8-14(15(9-10)22-16(18,19)20)21-11(2)12-4-6-13(17)7-5-12;1-7(2,9-5)8(3,4)10-6/h3-9,11H,1-2H3;1-6H3. The predicted octanol–water partition coefficient (Wildman–Crippen LogP) is 7.52. The molecule has 180 valence electrons. The quantitative estimate of drug-likeness (QED) is 0.414. The van der Waals surface area contributed by atoms with Crippen LogP contribution in [0.2, 0.25) is 5.02 Å². The average Bonchev–Trinajstić information content (AvgIpc) is 2.69. The second-order valence-corrected chi connectivity index (χ2v) is 8.67. The third-order valence-electron chi connectivity index (χ3n) is 5.44. The Morgan fingerprint density at radius 3 is 1.75 bits per heavy atom. The number of hydrogen-bond donors (Lipinski definition) is 0. The lowest BCUT2D eigenvalue weighted by Gasteiger charge is -2.38. The topological polar surface area (TPSA) is 36.9 Å². The Morgan fingerprint density at radius 2 is 1.31 bits per heavy atom. The van der Waals surface area contributed by atoms with Crippen molar-refractivity contribution in [2.24, 2.45) is 0 Å². The van der Waals surface area contributed by atoms with Crippen LogP contribution in [-0.2, 0) is 9.47 Å². The fraction of sp³-hybridized carbons (Fsp3) is 0.500. The van der Waals surface area contributed by atoms with Crippen LogP contribution in [0.3, 0.4) is 0 Å². The van der Waals surface area contributed by atoms with Crippen molar-refractivity contribution >= 4 is 11.6 Å². The Bertz CT molecular complexity index is 835. The number of alkyl halides is 3. The van der Waals surface area contributed by atoms with Gasteiger partial charge in [0, 0.05) is 19.2 Å². The third-order valence-corrected chi connectivity index (χ3v) is 5.69. The molecule has 0 saturated heterocycles. The predicted molar refractivity (Wildman–Crippen MR) is 121 cm³/mol. The highest BCUT2D eigenvalue weighted by atomic mass is 35.5. The number of benzene rings is 2. The Labute approximate surface area is 193 Å². The fourth-order valence-corrected chi connectivity index (χ4v) is 2.53. The Balaban J connectivity index is 0.000000433. The molecule has 0 aliphatic rings. The van der Waals surface area contributed by atoms with E-state index in [1.54, 1.807) is 58.4 Å². The molecule has 1 unspecified atom stereocenters. The van der Waals surface area contributed by atoms with Crippen molar-refractivity contribution in [2.45, 2.75) is 65.2 Å². The van der Waals surface area contributed by atoms with Crippen molar-refractivity contribution in [1.82, 2.24) is 0 Å². The Morgan fingerprint density at radius 1 is 0.812 bits per heavy atom. The maximum Gasteiger partial charge on any atom is 0.573 e. The monoisotopic (exact) mass is 476 g/mol. The van der Waals surface area contributed by atoms with Crippen LogP contribution in [0.5, 0.6) is 11.5 Å². The Kier molecular flexibility index (Phi) is 9.87. The summed E-state index contributed by atoms with van der Waals surface area (Å²) in [4.78, 5) is 0. The van der Waals surface area contributed by atoms with E-state index in [4.69, 9.17) is 25.8 Å². The number of ether oxygens (including phenoxy) is 4. The molecular formula is C24H32ClF3O4. The second kappa shape index (κ2) is 11.3. The van der Waals surface area contributed by atoms with Crippen molar-refractivity contribution in [3.63, 3.8) is 0 Å². The summed E-state index contributed by atoms with van der Waals surface area (Å²) < 4.78 is 57.6. The van der Waals surface area contributed by atoms with Gasteiger partial charge in [0.15, 0.2) is 11.5 Å². The highest BCUT2D eigenvalue weighted by molar-refractivity contribution is 6.30. The summed E-state index contributed by atoms with van der Waals surface area (Å²) in [5.41, 5.74) is 0.970. The normalized spacial score (nSPS) is 13.1. The summed E-state index contributed by atoms with van der Waals surface area (Å²) in [7, 11) is 3.39. The zero-order valence-corrected chi connectivity index (χ0v) is 20.5. The molecule has 0 spiro atoms. The minimum Gasteiger partial charge on any atom is -0.482 e. The largest absolute Gasteiger partial charge is 0.573 e. The molecule has 0 aromatic heterocycles. The smallest absolute Gasteiger partial charge is 0.482 e. The molecule has 0 bridgehead atoms. The number of rotatable bonds is 7. The van der Waals surface area contributed by atoms with E-state index in [1.807, 2.05) is 27.7 Å². The van der Waals surface area contributed by atoms with Crippen LogP contribution >= 0.6 is 11.6 Å². The van der Waals surface area contributed by atoms with E-state index in [0.717, 1.165) is 5.56 Å². The van der Waals surface area contributed by atoms with Crippen LogP contribution in [0.4, 0.5) is 13.2 Å². The van der Waals surface area contributed by atoms with Gasteiger partial charge in [-0.05, 0) is 76.9 Å². The highest BCUT2D eigenvalue weighted by Gasteiger charge is 2.37. The van der Waals surface area contributed by atoms with E-state index in [1.165, 1.54) is 12.1 Å². The molecule has 2 aromatic rings. The minimum atomic E-state index is -4.77. The first-order valence-electron chi connectivity index (χ1n) is 10.0. The van der Waals surface area contributed by atoms with Crippen LogP contribution in [-0.4, -0.2) is 31.8 Å². The van der Waals surface area contributed by atoms with Gasteiger partial charge >= 0.3 is 6.36 Å². The molecule has 0 heterocycles. The van der Waals surface area contributed by atoms with Crippen molar-refractivity contribution in [1.29, 1.82) is 0 Å². The SMILES string of the molecule is COC(C)(C)C(C)(C)OC.Cc1ccc(OC(C)c2ccc(Cl)cc2)c(OC(F)(F)F)c1. The van der Waals surface area contributed by atoms with Gasteiger partial charge in [-0.25, -0.2) is 0 Å². The molecule has 2 rings (SSSR count). The Hall–Kier alpha value is -1.96. The summed E-state index contributed by atoms with van der Waals surface area (Å²) in [6.07, 6.45) is -5.22. The van der Waals surface area contributed by atoms with Crippen LogP contribution in [0, 0.1) is 6.92 Å². The molecule has 1 atom stereocenters. The van der Waals surface area contributed by atoms with Crippen LogP contribution in [0.1, 0.15) is 51.8 Å². The summed E-state index contributed by atoms with van der Waals surface area (Å²) in [5.74, 6) is -0.321. The van der Waals surface area contributed by atoms with E-state index >= 15 is 0 Å². The van der Waals surface area contributed by atoms with Crippen molar-refractivity contribution in [2.75, 3.05) is 14.2 Å². The molecule has 8 heteroatoms. The molecule has 2 aromatic carbocycles. The molecule has 0 aliphatic carbocycles. The van der Waals surface area contributed by atoms with E-state index < -0.39 is 12.5 Å². The van der Waals surface area contributed by atoms with E-state index in [9.17, 15) is 13.2 Å². The van der Waals surface area contributed by atoms with Crippen LogP contribution in [0.25, 0.3) is 0 Å². The third kappa shape index (κ3) is 8.52. The van der Waals surface area contributed by atoms with Crippen LogP contribution in [0.15, 0.2) is 42.5 Å². The molecule has 4 nitrogen and oxygen atoms in total. The van der Waals surface area contributed by atoms with Crippen molar-refractivity contribution < 1.29 is 32.1 Å². The summed E-state index contributed by atoms with van der Waals surface area (Å²) in [5, 5.41) is 0.576. The summed E-state index contributed by atoms with van der Waals surface area (Å²) in [6.45, 7) is 11.5. The van der Waals surface area contributed by atoms with Gasteiger partial charge in [0.2, 0.25) is 0 Å². The van der Waals surface area contributed by atoms with E-state index in [0.29, 0.717) is 10.6 Å². The molecule has 0 fully saturated rings. The molecule has 0 saturated carbocycles. The average molecular weight is 477 g/mol. The number of methoxy groups -OCH3 is 2. The van der Waals surface area contributed by atoms with Gasteiger partial charge in [-0.15, -0.1) is 13.2 Å². The number of aryl methyl sites for hydroxylation is 1. The maximum atomic E-state index is 12.5. The van der Waals surface area contributed by atoms with Crippen LogP contribution < -0.4 is 9.47 Å². The maximum absolute atomic E-state index is 12.5. The first-order chi connectivity index (χ1) is 14.6. The van der Waals surface area contributed by atoms with Gasteiger partial charge in [0.05, 0.1) is 11.2 Å². The lowest BCUT2D eigenvalue weighted by atomic mass is 9.89. The lowest BCUT2D eigenvalue weighted by molar-refractivity contribution is -0.275. The minimum absolute atomic E-state index is 0.0328. The van der Waals surface area contributed by atoms with Crippen molar-refractivity contribution in [3.8, 4) is 11.5 Å². The molecular weight excluding hydrogens is 445 g/mol. The van der Waals surface area contributed by atoms with E-state index in [-0.39, 0.29) is 22.7 Å². The van der Waals surface area contributed by atoms with Crippen molar-refractivity contribution in [3.05, 3.63) is 58.6 Å². The molecule has 0 N–H and O–H groups in total. The van der Waals surface area contributed by atoms with Gasteiger partial charge < -0.3 is 18.9 Å². The lowest BCUT2D eigenvalue weighted by Crippen LogP contribution is -2.48. The second-order valence-electron chi connectivity index (χ2n) is 8.24. The van der Waals surface area contributed by atoms with Gasteiger partial charge in [-0.2, -0.15) is 0 Å². The zero-order valence-electron chi connectivity index (χ0n) is 19.8. The first-order valence-corrected chi connectivity index (χ1v) is 10.4. The van der Waals surface area contributed by atoms with Gasteiger partial charge in [-0.1, -0.05) is 29.8 Å². The molecule has 0 amide bonds. The zero-order chi connectivity index (χ0) is 24.7. The number of hydrogen-bond acceptors (Lipinski definition) is 4. The molecule has 32 heavy (non-hydrogen) atoms. The summed E-state index contributed by atoms with van der Waals surface area (Å²) in [6, 6.07) is 11.3. The first kappa shape index (κ1) is 28.1. The van der Waals surface area contributed by atoms with Gasteiger partial charge in [-0.3, -0.25) is 0 Å². The van der Waals surface area contributed by atoms with Gasteiger partial charge in [0.25, 0.3) is 0 Å². The summed E-state index contributed by atoms with van der Waals surface area (Å²) >= 11 is 5.81. The highest BCUT2D eigenvalue weighted by Crippen LogP contribution is 2.35. The number of halogens is 4. The fourth-order valence-electron chi connectivity index (χ4n) is 2.40.